The van der Waals surface area contributed by atoms with E-state index in [4.69, 9.17) is 8.83 Å². The molecule has 73 heavy (non-hydrogen) atoms. The van der Waals surface area contributed by atoms with Crippen molar-refractivity contribution in [3.63, 3.8) is 0 Å². The lowest BCUT2D eigenvalue weighted by Crippen LogP contribution is -2.14. The summed E-state index contributed by atoms with van der Waals surface area (Å²) in [6.45, 7) is 6.06. The van der Waals surface area contributed by atoms with Crippen molar-refractivity contribution in [2.75, 3.05) is 9.80 Å². The van der Waals surface area contributed by atoms with Gasteiger partial charge in [-0.05, 0) is 132 Å². The molecule has 0 unspecified atom stereocenters. The zero-order chi connectivity index (χ0) is 48.3. The van der Waals surface area contributed by atoms with Crippen LogP contribution < -0.4 is 9.80 Å². The van der Waals surface area contributed by atoms with Crippen LogP contribution in [0.15, 0.2) is 246 Å². The summed E-state index contributed by atoms with van der Waals surface area (Å²) in [7, 11) is 0. The van der Waals surface area contributed by atoms with Crippen LogP contribution in [0.25, 0.3) is 117 Å². The number of benzene rings is 11. The molecule has 0 N–H and O–H groups in total. The lowest BCUT2D eigenvalue weighted by Gasteiger charge is -2.26. The second-order valence-electron chi connectivity index (χ2n) is 18.7. The topological polar surface area (TPSA) is 32.8 Å². The van der Waals surface area contributed by atoms with Gasteiger partial charge in [-0.1, -0.05) is 116 Å². The van der Waals surface area contributed by atoms with Crippen LogP contribution in [-0.2, 0) is 0 Å². The first-order chi connectivity index (χ1) is 36.1. The third-order valence-electron chi connectivity index (χ3n) is 14.7. The second kappa shape index (κ2) is 16.3. The quantitative estimate of drug-likeness (QED) is 0.142. The van der Waals surface area contributed by atoms with Crippen LogP contribution in [0.5, 0.6) is 0 Å². The van der Waals surface area contributed by atoms with Gasteiger partial charge in [-0.2, -0.15) is 0 Å². The van der Waals surface area contributed by atoms with E-state index in [-0.39, 0.29) is 0 Å². The Bertz CT molecular complexity index is 4850. The van der Waals surface area contributed by atoms with E-state index >= 15 is 0 Å². The Balaban J connectivity index is 0.834. The van der Waals surface area contributed by atoms with Crippen LogP contribution in [0.2, 0.25) is 0 Å². The third-order valence-corrected chi connectivity index (χ3v) is 17.0. The van der Waals surface area contributed by atoms with Crippen LogP contribution in [0.1, 0.15) is 6.92 Å². The summed E-state index contributed by atoms with van der Waals surface area (Å²) in [4.78, 5) is 4.64. The fourth-order valence-electron chi connectivity index (χ4n) is 11.4. The normalized spacial score (nSPS) is 12.5. The average molecular weight is 971 g/mol. The Morgan fingerprint density at radius 3 is 1.42 bits per heavy atom. The molecule has 15 rings (SSSR count). The molecule has 4 aromatic heterocycles. The van der Waals surface area contributed by atoms with Crippen molar-refractivity contribution in [3.05, 3.63) is 237 Å². The zero-order valence-electron chi connectivity index (χ0n) is 39.6. The molecule has 344 valence electrons. The van der Waals surface area contributed by atoms with E-state index in [1.807, 2.05) is 34.8 Å². The lowest BCUT2D eigenvalue weighted by molar-refractivity contribution is 0.669. The van der Waals surface area contributed by atoms with Crippen molar-refractivity contribution >= 4 is 168 Å². The molecule has 0 saturated heterocycles. The first kappa shape index (κ1) is 41.8. The number of thiophene rings is 2. The minimum Gasteiger partial charge on any atom is -0.455 e. The highest BCUT2D eigenvalue weighted by Gasteiger charge is 2.22. The molecule has 0 radical (unpaired) electrons. The molecule has 0 spiro atoms. The average Bonchev–Trinajstić information content (AvgIpc) is 4.22. The van der Waals surface area contributed by atoms with E-state index < -0.39 is 0 Å². The summed E-state index contributed by atoms with van der Waals surface area (Å²) in [6, 6.07) is 72.6. The SMILES string of the molecule is C=C/C=C\C(=C/C)N(c1ccc2c(c1)oc1c2ccc2c1ccc1c3ccc(N(c4ccccc4)c4ccc5c(c4)sc4ccc6ccccc6c45)cc3oc12)c1ccc2c(c1)sc1ccc3ccccc3c12. The van der Waals surface area contributed by atoms with Crippen LogP contribution in [0.3, 0.4) is 0 Å². The molecule has 0 fully saturated rings. The van der Waals surface area contributed by atoms with Gasteiger partial charge in [-0.15, -0.1) is 22.7 Å². The summed E-state index contributed by atoms with van der Waals surface area (Å²) in [5.41, 5.74) is 9.63. The molecule has 15 aromatic rings. The van der Waals surface area contributed by atoms with Gasteiger partial charge < -0.3 is 18.6 Å². The Morgan fingerprint density at radius 2 is 0.863 bits per heavy atom. The highest BCUT2D eigenvalue weighted by molar-refractivity contribution is 7.26. The van der Waals surface area contributed by atoms with Gasteiger partial charge in [0.15, 0.2) is 0 Å². The number of hydrogen-bond donors (Lipinski definition) is 0. The highest BCUT2D eigenvalue weighted by atomic mass is 32.1. The molecule has 11 aromatic carbocycles. The molecule has 0 amide bonds. The van der Waals surface area contributed by atoms with E-state index in [2.05, 4.69) is 236 Å². The second-order valence-corrected chi connectivity index (χ2v) is 20.9. The van der Waals surface area contributed by atoms with Gasteiger partial charge in [0.2, 0.25) is 0 Å². The first-order valence-corrected chi connectivity index (χ1v) is 26.2. The van der Waals surface area contributed by atoms with Gasteiger partial charge in [-0.25, -0.2) is 0 Å². The number of anilines is 5. The number of fused-ring (bicyclic) bond motifs is 19. The molecule has 0 aliphatic heterocycles. The maximum atomic E-state index is 6.95. The Kier molecular flexibility index (Phi) is 9.34. The predicted molar refractivity (Wildman–Crippen MR) is 316 cm³/mol. The van der Waals surface area contributed by atoms with Crippen molar-refractivity contribution < 1.29 is 8.83 Å². The lowest BCUT2D eigenvalue weighted by atomic mass is 10.0. The number of para-hydroxylation sites is 1. The predicted octanol–water partition coefficient (Wildman–Crippen LogP) is 20.9. The molecule has 0 atom stereocenters. The van der Waals surface area contributed by atoms with Crippen LogP contribution in [0, 0.1) is 0 Å². The monoisotopic (exact) mass is 970 g/mol. The maximum Gasteiger partial charge on any atom is 0.143 e. The summed E-state index contributed by atoms with van der Waals surface area (Å²) in [5.74, 6) is 0. The smallest absolute Gasteiger partial charge is 0.143 e. The summed E-state index contributed by atoms with van der Waals surface area (Å²) in [6.07, 6.45) is 8.07. The fraction of sp³-hybridized carbons (Fsp3) is 0.0149. The number of allylic oxidation sites excluding steroid dienone is 4. The molecule has 4 nitrogen and oxygen atoms in total. The summed E-state index contributed by atoms with van der Waals surface area (Å²) in [5, 5.41) is 16.6. The van der Waals surface area contributed by atoms with Crippen molar-refractivity contribution in [3.8, 4) is 0 Å². The van der Waals surface area contributed by atoms with Gasteiger partial charge in [0, 0.05) is 119 Å². The molecular weight excluding hydrogens is 929 g/mol. The minimum atomic E-state index is 0.820. The van der Waals surface area contributed by atoms with Crippen molar-refractivity contribution in [1.82, 2.24) is 0 Å². The number of rotatable bonds is 8. The molecule has 6 heteroatoms. The fourth-order valence-corrected chi connectivity index (χ4v) is 13.7. The highest BCUT2D eigenvalue weighted by Crippen LogP contribution is 2.47. The Hall–Kier alpha value is -8.94. The van der Waals surface area contributed by atoms with Crippen molar-refractivity contribution in [2.24, 2.45) is 0 Å². The maximum absolute atomic E-state index is 6.95. The van der Waals surface area contributed by atoms with E-state index in [0.717, 1.165) is 88.8 Å². The molecule has 0 aliphatic carbocycles. The Labute approximate surface area is 427 Å². The van der Waals surface area contributed by atoms with Gasteiger partial charge in [-0.3, -0.25) is 0 Å². The largest absolute Gasteiger partial charge is 0.455 e. The van der Waals surface area contributed by atoms with E-state index in [1.54, 1.807) is 0 Å². The Morgan fingerprint density at radius 1 is 0.411 bits per heavy atom. The number of nitrogens with zero attached hydrogens (tertiary/aromatic N) is 2. The van der Waals surface area contributed by atoms with Crippen molar-refractivity contribution in [1.29, 1.82) is 0 Å². The number of furan rings is 2. The third kappa shape index (κ3) is 6.44. The van der Waals surface area contributed by atoms with Crippen LogP contribution in [-0.4, -0.2) is 0 Å². The zero-order valence-corrected chi connectivity index (χ0v) is 41.2. The van der Waals surface area contributed by atoms with E-state index in [0.29, 0.717) is 0 Å². The summed E-state index contributed by atoms with van der Waals surface area (Å²) >= 11 is 3.69. The van der Waals surface area contributed by atoms with Crippen molar-refractivity contribution in [2.45, 2.75) is 6.92 Å². The minimum absolute atomic E-state index is 0.820. The van der Waals surface area contributed by atoms with Gasteiger partial charge in [0.1, 0.15) is 22.3 Å². The standard InChI is InChI=1S/C67H42N2O2S2/c1-3-5-15-42(4-2)68(46-24-28-56-62(38-46)72-60-34-20-40-13-9-11-18-48(40)64(56)60)44-22-26-50-52-30-32-55-54(66(52)70-58(50)36-44)33-31-53-51-27-23-45(37-59(51)71-67(53)55)69(43-16-7-6-8-17-43)47-25-29-57-63(39-47)73-61-35-21-41-14-10-12-19-49(41)65(57)61/h3-39H,1H2,2H3/b15-5-,42-4+. The first-order valence-electron chi connectivity index (χ1n) is 24.6. The summed E-state index contributed by atoms with van der Waals surface area (Å²) < 4.78 is 19.0. The van der Waals surface area contributed by atoms with Gasteiger partial charge in [0.05, 0.1) is 0 Å². The van der Waals surface area contributed by atoms with Crippen LogP contribution in [0.4, 0.5) is 28.4 Å². The van der Waals surface area contributed by atoms with E-state index in [9.17, 15) is 0 Å². The van der Waals surface area contributed by atoms with Gasteiger partial charge >= 0.3 is 0 Å². The number of hydrogen-bond acceptors (Lipinski definition) is 6. The molecule has 0 aliphatic rings. The molecule has 0 saturated carbocycles. The van der Waals surface area contributed by atoms with E-state index in [1.165, 1.54) is 61.9 Å². The molecular formula is C67H42N2O2S2. The van der Waals surface area contributed by atoms with Crippen LogP contribution >= 0.6 is 22.7 Å². The van der Waals surface area contributed by atoms with Gasteiger partial charge in [0.25, 0.3) is 0 Å². The molecule has 4 heterocycles. The molecule has 0 bridgehead atoms.